The standard InChI is InChI=1S/C29H22N6O2/c1-18-11-13-30-24(15-18)27-22-5-3-4-6-23(22)29(35-34-27)33-19-7-9-20(10-8-19)37-26-12-14-31-25-16-21(36-2)17-32-28(25)26/h3-17H,1-2H3,(H,33,35). The number of aromatic nitrogens is 5. The van der Waals surface area contributed by atoms with Crippen molar-refractivity contribution < 1.29 is 9.47 Å². The van der Waals surface area contributed by atoms with Crippen LogP contribution in [0, 0.1) is 6.92 Å². The molecule has 0 spiro atoms. The quantitative estimate of drug-likeness (QED) is 0.285. The molecule has 0 unspecified atom stereocenters. The third-order valence-electron chi connectivity index (χ3n) is 5.94. The van der Waals surface area contributed by atoms with Gasteiger partial charge in [0.2, 0.25) is 0 Å². The van der Waals surface area contributed by atoms with Crippen LogP contribution >= 0.6 is 0 Å². The fourth-order valence-corrected chi connectivity index (χ4v) is 4.10. The maximum Gasteiger partial charge on any atom is 0.161 e. The molecule has 6 aromatic rings. The number of nitrogens with one attached hydrogen (secondary N) is 1. The Morgan fingerprint density at radius 2 is 1.57 bits per heavy atom. The number of benzene rings is 2. The molecular formula is C29H22N6O2. The summed E-state index contributed by atoms with van der Waals surface area (Å²) in [6.45, 7) is 2.04. The second kappa shape index (κ2) is 9.50. The molecule has 0 aliphatic rings. The van der Waals surface area contributed by atoms with Gasteiger partial charge in [0.1, 0.15) is 22.7 Å². The van der Waals surface area contributed by atoms with Gasteiger partial charge in [0.25, 0.3) is 0 Å². The second-order valence-corrected chi connectivity index (χ2v) is 8.46. The lowest BCUT2D eigenvalue weighted by molar-refractivity contribution is 0.413. The molecule has 0 radical (unpaired) electrons. The number of anilines is 2. The highest BCUT2D eigenvalue weighted by Crippen LogP contribution is 2.32. The number of hydrogen-bond acceptors (Lipinski definition) is 8. The molecule has 6 rings (SSSR count). The van der Waals surface area contributed by atoms with Gasteiger partial charge in [0.15, 0.2) is 11.6 Å². The van der Waals surface area contributed by atoms with Gasteiger partial charge in [0.05, 0.1) is 24.5 Å². The van der Waals surface area contributed by atoms with Gasteiger partial charge in [-0.1, -0.05) is 24.3 Å². The van der Waals surface area contributed by atoms with E-state index in [4.69, 9.17) is 9.47 Å². The van der Waals surface area contributed by atoms with Crippen LogP contribution in [-0.4, -0.2) is 32.3 Å². The van der Waals surface area contributed by atoms with Crippen molar-refractivity contribution in [2.24, 2.45) is 0 Å². The Labute approximate surface area is 213 Å². The molecule has 0 saturated heterocycles. The van der Waals surface area contributed by atoms with Crippen molar-refractivity contribution in [3.63, 3.8) is 0 Å². The molecule has 8 nitrogen and oxygen atoms in total. The first-order valence-electron chi connectivity index (χ1n) is 11.7. The SMILES string of the molecule is COc1cnc2c(Oc3ccc(Nc4nnc(-c5cc(C)ccn5)c5ccccc45)cc3)ccnc2c1. The van der Waals surface area contributed by atoms with Crippen LogP contribution in [0.4, 0.5) is 11.5 Å². The molecule has 1 N–H and O–H groups in total. The number of nitrogens with zero attached hydrogens (tertiary/aromatic N) is 5. The van der Waals surface area contributed by atoms with E-state index in [2.05, 4.69) is 30.5 Å². The Morgan fingerprint density at radius 1 is 0.757 bits per heavy atom. The molecule has 0 bridgehead atoms. The minimum Gasteiger partial charge on any atom is -0.495 e. The van der Waals surface area contributed by atoms with Crippen LogP contribution in [0.15, 0.2) is 91.4 Å². The van der Waals surface area contributed by atoms with Crippen LogP contribution in [0.5, 0.6) is 17.2 Å². The highest BCUT2D eigenvalue weighted by atomic mass is 16.5. The van der Waals surface area contributed by atoms with Crippen LogP contribution in [0.3, 0.4) is 0 Å². The predicted molar refractivity (Wildman–Crippen MR) is 143 cm³/mol. The molecule has 4 aromatic heterocycles. The van der Waals surface area contributed by atoms with Crippen LogP contribution in [0.1, 0.15) is 5.56 Å². The number of rotatable bonds is 6. The maximum atomic E-state index is 6.11. The largest absolute Gasteiger partial charge is 0.495 e. The van der Waals surface area contributed by atoms with E-state index in [9.17, 15) is 0 Å². The van der Waals surface area contributed by atoms with Crippen LogP contribution in [-0.2, 0) is 0 Å². The van der Waals surface area contributed by atoms with Gasteiger partial charge in [-0.15, -0.1) is 10.2 Å². The van der Waals surface area contributed by atoms with Crippen molar-refractivity contribution >= 4 is 33.3 Å². The van der Waals surface area contributed by atoms with E-state index >= 15 is 0 Å². The Kier molecular flexibility index (Phi) is 5.74. The average Bonchev–Trinajstić information content (AvgIpc) is 2.94. The van der Waals surface area contributed by atoms with Crippen LogP contribution in [0.25, 0.3) is 33.2 Å². The Hall–Kier alpha value is -5.11. The lowest BCUT2D eigenvalue weighted by atomic mass is 10.1. The summed E-state index contributed by atoms with van der Waals surface area (Å²) in [4.78, 5) is 13.3. The molecule has 0 atom stereocenters. The van der Waals surface area contributed by atoms with E-state index in [-0.39, 0.29) is 0 Å². The number of fused-ring (bicyclic) bond motifs is 2. The van der Waals surface area contributed by atoms with E-state index in [1.54, 1.807) is 31.8 Å². The number of aryl methyl sites for hydroxylation is 1. The lowest BCUT2D eigenvalue weighted by Gasteiger charge is -2.12. The highest BCUT2D eigenvalue weighted by molar-refractivity contribution is 6.00. The lowest BCUT2D eigenvalue weighted by Crippen LogP contribution is -2.00. The van der Waals surface area contributed by atoms with E-state index in [0.29, 0.717) is 34.1 Å². The summed E-state index contributed by atoms with van der Waals surface area (Å²) in [6.07, 6.45) is 5.13. The van der Waals surface area contributed by atoms with Crippen molar-refractivity contribution in [2.45, 2.75) is 6.92 Å². The minimum atomic E-state index is 0.616. The topological polar surface area (TPSA) is 94.9 Å². The third kappa shape index (κ3) is 4.48. The molecular weight excluding hydrogens is 464 g/mol. The van der Waals surface area contributed by atoms with Gasteiger partial charge in [-0.05, 0) is 48.9 Å². The zero-order valence-electron chi connectivity index (χ0n) is 20.2. The molecule has 4 heterocycles. The summed E-state index contributed by atoms with van der Waals surface area (Å²) >= 11 is 0. The first kappa shape index (κ1) is 22.4. The number of pyridine rings is 3. The zero-order valence-corrected chi connectivity index (χ0v) is 20.2. The first-order valence-corrected chi connectivity index (χ1v) is 11.7. The molecule has 0 amide bonds. The van der Waals surface area contributed by atoms with E-state index < -0.39 is 0 Å². The molecule has 0 saturated carbocycles. The maximum absolute atomic E-state index is 6.11. The normalized spacial score (nSPS) is 11.0. The molecule has 8 heteroatoms. The Balaban J connectivity index is 1.27. The van der Waals surface area contributed by atoms with Gasteiger partial charge < -0.3 is 14.8 Å². The van der Waals surface area contributed by atoms with Gasteiger partial charge in [-0.3, -0.25) is 9.97 Å². The fraction of sp³-hybridized carbons (Fsp3) is 0.0690. The van der Waals surface area contributed by atoms with Crippen molar-refractivity contribution in [3.05, 3.63) is 97.0 Å². The fourth-order valence-electron chi connectivity index (χ4n) is 4.10. The second-order valence-electron chi connectivity index (χ2n) is 8.46. The number of ether oxygens (including phenoxy) is 2. The van der Waals surface area contributed by atoms with Gasteiger partial charge in [0, 0.05) is 41.0 Å². The summed E-state index contributed by atoms with van der Waals surface area (Å²) in [5.74, 6) is 2.60. The highest BCUT2D eigenvalue weighted by Gasteiger charge is 2.13. The van der Waals surface area contributed by atoms with Crippen molar-refractivity contribution in [1.29, 1.82) is 0 Å². The summed E-state index contributed by atoms with van der Waals surface area (Å²) in [6, 6.07) is 23.3. The van der Waals surface area contributed by atoms with Crippen LogP contribution in [0.2, 0.25) is 0 Å². The van der Waals surface area contributed by atoms with Crippen LogP contribution < -0.4 is 14.8 Å². The van der Waals surface area contributed by atoms with Gasteiger partial charge in [-0.25, -0.2) is 4.98 Å². The smallest absolute Gasteiger partial charge is 0.161 e. The van der Waals surface area contributed by atoms with E-state index in [1.807, 2.05) is 73.7 Å². The monoisotopic (exact) mass is 486 g/mol. The summed E-state index contributed by atoms with van der Waals surface area (Å²) in [7, 11) is 1.60. The molecule has 180 valence electrons. The molecule has 2 aromatic carbocycles. The number of hydrogen-bond donors (Lipinski definition) is 1. The van der Waals surface area contributed by atoms with E-state index in [0.717, 1.165) is 33.4 Å². The predicted octanol–water partition coefficient (Wildman–Crippen LogP) is 6.49. The first-order chi connectivity index (χ1) is 18.2. The number of methoxy groups -OCH3 is 1. The zero-order chi connectivity index (χ0) is 25.2. The van der Waals surface area contributed by atoms with E-state index in [1.165, 1.54) is 0 Å². The molecule has 0 aliphatic carbocycles. The van der Waals surface area contributed by atoms with Crippen molar-refractivity contribution in [3.8, 4) is 28.6 Å². The molecule has 0 aliphatic heterocycles. The third-order valence-corrected chi connectivity index (χ3v) is 5.94. The van der Waals surface area contributed by atoms with Gasteiger partial charge >= 0.3 is 0 Å². The van der Waals surface area contributed by atoms with Gasteiger partial charge in [-0.2, -0.15) is 0 Å². The summed E-state index contributed by atoms with van der Waals surface area (Å²) < 4.78 is 11.3. The molecule has 0 fully saturated rings. The molecule has 37 heavy (non-hydrogen) atoms. The van der Waals surface area contributed by atoms with Crippen molar-refractivity contribution in [2.75, 3.05) is 12.4 Å². The summed E-state index contributed by atoms with van der Waals surface area (Å²) in [5, 5.41) is 14.3. The Morgan fingerprint density at radius 3 is 2.38 bits per heavy atom. The summed E-state index contributed by atoms with van der Waals surface area (Å²) in [5.41, 5.74) is 4.89. The average molecular weight is 487 g/mol. The minimum absolute atomic E-state index is 0.616. The Bertz CT molecular complexity index is 1740. The van der Waals surface area contributed by atoms with Crippen molar-refractivity contribution in [1.82, 2.24) is 25.1 Å².